The van der Waals surface area contributed by atoms with E-state index in [0.717, 1.165) is 44.6 Å². The molecule has 0 atom stereocenters. The molecule has 0 bridgehead atoms. The standard InChI is InChI=1S/C22H16N4O/c27-14-15-3-5-16(6-4-15)20-13-26-21(11-25-22(26)12-24-20)18-7-8-19-17(10-18)2-1-9-23-19/h1-13,27H,14H2. The summed E-state index contributed by atoms with van der Waals surface area (Å²) in [7, 11) is 0. The lowest BCUT2D eigenvalue weighted by Gasteiger charge is -2.07. The van der Waals surface area contributed by atoms with E-state index in [-0.39, 0.29) is 6.61 Å². The summed E-state index contributed by atoms with van der Waals surface area (Å²) in [5.74, 6) is 0. The Hall–Kier alpha value is -3.57. The molecule has 0 saturated heterocycles. The molecule has 5 aromatic rings. The maximum atomic E-state index is 9.22. The molecule has 0 radical (unpaired) electrons. The third-order valence-corrected chi connectivity index (χ3v) is 4.73. The number of aromatic nitrogens is 4. The molecule has 0 aliphatic heterocycles. The second-order valence-electron chi connectivity index (χ2n) is 6.41. The summed E-state index contributed by atoms with van der Waals surface area (Å²) in [6.07, 6.45) is 7.45. The fraction of sp³-hybridized carbons (Fsp3) is 0.0455. The van der Waals surface area contributed by atoms with Gasteiger partial charge in [-0.1, -0.05) is 36.4 Å². The van der Waals surface area contributed by atoms with Gasteiger partial charge in [-0.05, 0) is 23.8 Å². The van der Waals surface area contributed by atoms with Crippen LogP contribution in [0.4, 0.5) is 0 Å². The van der Waals surface area contributed by atoms with Gasteiger partial charge in [0.25, 0.3) is 0 Å². The van der Waals surface area contributed by atoms with Gasteiger partial charge in [0.1, 0.15) is 0 Å². The normalized spacial score (nSPS) is 11.3. The summed E-state index contributed by atoms with van der Waals surface area (Å²) in [4.78, 5) is 13.4. The van der Waals surface area contributed by atoms with Crippen LogP contribution in [-0.2, 0) is 6.61 Å². The third kappa shape index (κ3) is 2.74. The number of aliphatic hydroxyl groups excluding tert-OH is 1. The molecule has 0 spiro atoms. The van der Waals surface area contributed by atoms with Gasteiger partial charge in [0.2, 0.25) is 0 Å². The van der Waals surface area contributed by atoms with E-state index in [9.17, 15) is 5.11 Å². The number of pyridine rings is 1. The van der Waals surface area contributed by atoms with Crippen LogP contribution in [0.3, 0.4) is 0 Å². The van der Waals surface area contributed by atoms with Crippen LogP contribution >= 0.6 is 0 Å². The Balaban J connectivity index is 1.63. The van der Waals surface area contributed by atoms with Crippen molar-refractivity contribution in [2.75, 3.05) is 0 Å². The second kappa shape index (κ2) is 6.30. The number of imidazole rings is 1. The van der Waals surface area contributed by atoms with Gasteiger partial charge >= 0.3 is 0 Å². The van der Waals surface area contributed by atoms with Crippen molar-refractivity contribution < 1.29 is 5.11 Å². The Morgan fingerprint density at radius 3 is 2.56 bits per heavy atom. The van der Waals surface area contributed by atoms with Gasteiger partial charge in [0.15, 0.2) is 5.65 Å². The van der Waals surface area contributed by atoms with Crippen molar-refractivity contribution in [1.82, 2.24) is 19.4 Å². The molecule has 3 heterocycles. The van der Waals surface area contributed by atoms with Crippen LogP contribution in [0.25, 0.3) is 39.1 Å². The van der Waals surface area contributed by atoms with Crippen molar-refractivity contribution in [3.8, 4) is 22.5 Å². The number of fused-ring (bicyclic) bond motifs is 2. The first kappa shape index (κ1) is 15.7. The van der Waals surface area contributed by atoms with Gasteiger partial charge in [-0.2, -0.15) is 0 Å². The van der Waals surface area contributed by atoms with Crippen LogP contribution in [0, 0.1) is 0 Å². The fourth-order valence-electron chi connectivity index (χ4n) is 3.27. The molecule has 5 heteroatoms. The highest BCUT2D eigenvalue weighted by atomic mass is 16.3. The monoisotopic (exact) mass is 352 g/mol. The van der Waals surface area contributed by atoms with Crippen molar-refractivity contribution in [3.63, 3.8) is 0 Å². The molecule has 130 valence electrons. The summed E-state index contributed by atoms with van der Waals surface area (Å²) >= 11 is 0. The largest absolute Gasteiger partial charge is 0.392 e. The zero-order chi connectivity index (χ0) is 18.2. The summed E-state index contributed by atoms with van der Waals surface area (Å²) in [5.41, 5.74) is 6.59. The van der Waals surface area contributed by atoms with E-state index >= 15 is 0 Å². The predicted molar refractivity (Wildman–Crippen MR) is 105 cm³/mol. The molecule has 0 amide bonds. The van der Waals surface area contributed by atoms with E-state index in [0.29, 0.717) is 0 Å². The molecule has 0 aliphatic rings. The molecule has 0 saturated carbocycles. The molecule has 1 N–H and O–H groups in total. The van der Waals surface area contributed by atoms with E-state index in [4.69, 9.17) is 0 Å². The topological polar surface area (TPSA) is 63.3 Å². The van der Waals surface area contributed by atoms with E-state index < -0.39 is 0 Å². The Labute approximate surface area is 155 Å². The first-order chi connectivity index (χ1) is 13.3. The molecule has 0 aliphatic carbocycles. The van der Waals surface area contributed by atoms with Gasteiger partial charge < -0.3 is 5.11 Å². The van der Waals surface area contributed by atoms with Crippen molar-refractivity contribution in [2.24, 2.45) is 0 Å². The summed E-state index contributed by atoms with van der Waals surface area (Å²) < 4.78 is 2.06. The number of rotatable bonds is 3. The summed E-state index contributed by atoms with van der Waals surface area (Å²) in [5, 5.41) is 10.3. The molecule has 5 nitrogen and oxygen atoms in total. The zero-order valence-corrected chi connectivity index (χ0v) is 14.4. The highest BCUT2D eigenvalue weighted by Gasteiger charge is 2.09. The fourth-order valence-corrected chi connectivity index (χ4v) is 3.27. The lowest BCUT2D eigenvalue weighted by Crippen LogP contribution is -1.93. The SMILES string of the molecule is OCc1ccc(-c2cn3c(-c4ccc5ncccc5c4)cnc3cn2)cc1. The van der Waals surface area contributed by atoms with Crippen LogP contribution in [-0.4, -0.2) is 24.5 Å². The highest BCUT2D eigenvalue weighted by Crippen LogP contribution is 2.26. The first-order valence-electron chi connectivity index (χ1n) is 8.70. The Morgan fingerprint density at radius 2 is 1.70 bits per heavy atom. The Bertz CT molecular complexity index is 1260. The molecule has 0 fully saturated rings. The van der Waals surface area contributed by atoms with Crippen molar-refractivity contribution in [3.05, 3.63) is 84.9 Å². The van der Waals surface area contributed by atoms with Crippen molar-refractivity contribution >= 4 is 16.6 Å². The highest BCUT2D eigenvalue weighted by molar-refractivity contribution is 5.84. The van der Waals surface area contributed by atoms with Crippen molar-refractivity contribution in [1.29, 1.82) is 0 Å². The minimum Gasteiger partial charge on any atom is -0.392 e. The smallest absolute Gasteiger partial charge is 0.155 e. The van der Waals surface area contributed by atoms with Crippen LogP contribution in [0.5, 0.6) is 0 Å². The number of aliphatic hydroxyl groups is 1. The molecule has 5 rings (SSSR count). The van der Waals surface area contributed by atoms with Crippen LogP contribution in [0.2, 0.25) is 0 Å². The summed E-state index contributed by atoms with van der Waals surface area (Å²) in [6.45, 7) is 0.0369. The van der Waals surface area contributed by atoms with E-state index in [1.54, 1.807) is 12.4 Å². The van der Waals surface area contributed by atoms with E-state index in [2.05, 4.69) is 37.6 Å². The molecule has 27 heavy (non-hydrogen) atoms. The minimum atomic E-state index is 0.0369. The number of hydrogen-bond acceptors (Lipinski definition) is 4. The molecule has 0 unspecified atom stereocenters. The third-order valence-electron chi connectivity index (χ3n) is 4.73. The minimum absolute atomic E-state index is 0.0369. The maximum absolute atomic E-state index is 9.22. The van der Waals surface area contributed by atoms with Gasteiger partial charge in [-0.25, -0.2) is 4.98 Å². The summed E-state index contributed by atoms with van der Waals surface area (Å²) in [6, 6.07) is 18.0. The molecular weight excluding hydrogens is 336 g/mol. The van der Waals surface area contributed by atoms with Gasteiger partial charge in [-0.3, -0.25) is 14.4 Å². The van der Waals surface area contributed by atoms with Gasteiger partial charge in [-0.15, -0.1) is 0 Å². The van der Waals surface area contributed by atoms with Crippen molar-refractivity contribution in [2.45, 2.75) is 6.61 Å². The number of nitrogens with zero attached hydrogens (tertiary/aromatic N) is 4. The van der Waals surface area contributed by atoms with Crippen LogP contribution in [0.1, 0.15) is 5.56 Å². The molecule has 3 aromatic heterocycles. The average Bonchev–Trinajstić information content (AvgIpc) is 3.16. The Kier molecular flexibility index (Phi) is 3.66. The van der Waals surface area contributed by atoms with Crippen LogP contribution < -0.4 is 0 Å². The molecular formula is C22H16N4O. The average molecular weight is 352 g/mol. The van der Waals surface area contributed by atoms with E-state index in [1.165, 1.54) is 0 Å². The Morgan fingerprint density at radius 1 is 0.852 bits per heavy atom. The lowest BCUT2D eigenvalue weighted by molar-refractivity contribution is 0.282. The zero-order valence-electron chi connectivity index (χ0n) is 14.4. The molecule has 2 aromatic carbocycles. The maximum Gasteiger partial charge on any atom is 0.155 e. The quantitative estimate of drug-likeness (QED) is 0.531. The van der Waals surface area contributed by atoms with E-state index in [1.807, 2.05) is 48.8 Å². The first-order valence-corrected chi connectivity index (χ1v) is 8.70. The predicted octanol–water partition coefficient (Wildman–Crippen LogP) is 4.10. The number of benzene rings is 2. The second-order valence-corrected chi connectivity index (χ2v) is 6.41. The number of hydrogen-bond donors (Lipinski definition) is 1. The van der Waals surface area contributed by atoms with Crippen LogP contribution in [0.15, 0.2) is 79.4 Å². The van der Waals surface area contributed by atoms with Gasteiger partial charge in [0.05, 0.1) is 35.9 Å². The van der Waals surface area contributed by atoms with Gasteiger partial charge in [0, 0.05) is 28.9 Å². The lowest BCUT2D eigenvalue weighted by atomic mass is 10.1.